The van der Waals surface area contributed by atoms with Crippen LogP contribution in [0.5, 0.6) is 0 Å². The molecular formula is C28H43F17N3OS+. The molecule has 300 valence electrons. The summed E-state index contributed by atoms with van der Waals surface area (Å²) in [6.07, 6.45) is 1.17. The van der Waals surface area contributed by atoms with Gasteiger partial charge in [0.2, 0.25) is 0 Å². The number of alkyl halides is 17. The van der Waals surface area contributed by atoms with Gasteiger partial charge in [0.05, 0.1) is 40.3 Å². The zero-order valence-electron chi connectivity index (χ0n) is 27.5. The molecule has 50 heavy (non-hydrogen) atoms. The largest absolute Gasteiger partial charge is 0.460 e. The van der Waals surface area contributed by atoms with Crippen molar-refractivity contribution in [2.45, 2.75) is 125 Å². The second-order valence-corrected chi connectivity index (χ2v) is 12.9. The Hall–Kier alpha value is -1.58. The Bertz CT molecular complexity index is 1020. The van der Waals surface area contributed by atoms with Crippen LogP contribution in [-0.4, -0.2) is 104 Å². The molecule has 0 atom stereocenters. The summed E-state index contributed by atoms with van der Waals surface area (Å²) in [7, 11) is 3.91. The zero-order chi connectivity index (χ0) is 39.5. The van der Waals surface area contributed by atoms with E-state index < -0.39 is 67.4 Å². The van der Waals surface area contributed by atoms with E-state index in [2.05, 4.69) is 22.3 Å². The highest BCUT2D eigenvalue weighted by molar-refractivity contribution is 7.80. The van der Waals surface area contributed by atoms with Crippen LogP contribution in [0.1, 0.15) is 77.6 Å². The van der Waals surface area contributed by atoms with Crippen LogP contribution in [0.25, 0.3) is 0 Å². The van der Waals surface area contributed by atoms with Crippen LogP contribution in [0.15, 0.2) is 0 Å². The summed E-state index contributed by atoms with van der Waals surface area (Å²) in [5.41, 5.74) is 0. The molecule has 0 aromatic carbocycles. The van der Waals surface area contributed by atoms with Crippen molar-refractivity contribution in [1.82, 2.24) is 10.6 Å². The number of thiocarbonyl (C=S) groups is 1. The van der Waals surface area contributed by atoms with E-state index in [-0.39, 0.29) is 11.7 Å². The summed E-state index contributed by atoms with van der Waals surface area (Å²) in [5, 5.41) is 4.79. The summed E-state index contributed by atoms with van der Waals surface area (Å²) in [6.45, 7) is 1.24. The minimum absolute atomic E-state index is 0.161. The minimum Gasteiger partial charge on any atom is -0.361 e. The Morgan fingerprint density at radius 3 is 1.38 bits per heavy atom. The number of rotatable bonds is 25. The molecule has 0 aliphatic carbocycles. The van der Waals surface area contributed by atoms with E-state index in [0.717, 1.165) is 32.2 Å². The minimum atomic E-state index is -8.65. The highest BCUT2D eigenvalue weighted by atomic mass is 32.1. The van der Waals surface area contributed by atoms with Gasteiger partial charge in [-0.25, -0.2) is 0 Å². The van der Waals surface area contributed by atoms with Gasteiger partial charge < -0.3 is 19.9 Å². The molecule has 0 amide bonds. The van der Waals surface area contributed by atoms with E-state index in [1.54, 1.807) is 0 Å². The van der Waals surface area contributed by atoms with Gasteiger partial charge in [-0.05, 0) is 25.1 Å². The SMILES string of the molecule is CCCCCCCCCCCC[N+](C)(C)CCNC(=S)NCOCCC(F)(F)C(F)(F)C(F)(F)C(F)(F)C(F)(F)C(F)(F)C(F)(F)C(F)(F)F. The lowest BCUT2D eigenvalue weighted by Gasteiger charge is -2.42. The fourth-order valence-electron chi connectivity index (χ4n) is 4.42. The van der Waals surface area contributed by atoms with Crippen LogP contribution < -0.4 is 10.6 Å². The Kier molecular flexibility index (Phi) is 17.9. The van der Waals surface area contributed by atoms with Crippen molar-refractivity contribution in [3.63, 3.8) is 0 Å². The molecule has 0 radical (unpaired) electrons. The topological polar surface area (TPSA) is 33.3 Å². The van der Waals surface area contributed by atoms with Crippen molar-refractivity contribution < 1.29 is 83.9 Å². The molecule has 0 aliphatic rings. The van der Waals surface area contributed by atoms with E-state index >= 15 is 0 Å². The quantitative estimate of drug-likeness (QED) is 0.0317. The second kappa shape index (κ2) is 18.4. The van der Waals surface area contributed by atoms with Gasteiger partial charge >= 0.3 is 47.6 Å². The predicted molar refractivity (Wildman–Crippen MR) is 154 cm³/mol. The molecule has 2 N–H and O–H groups in total. The lowest BCUT2D eigenvalue weighted by atomic mass is 9.88. The van der Waals surface area contributed by atoms with E-state index in [1.807, 2.05) is 14.1 Å². The third-order valence-corrected chi connectivity index (χ3v) is 8.09. The number of hydrogen-bond donors (Lipinski definition) is 2. The molecule has 0 heterocycles. The lowest BCUT2D eigenvalue weighted by Crippen LogP contribution is -2.74. The molecule has 0 aromatic rings. The van der Waals surface area contributed by atoms with Gasteiger partial charge in [0, 0.05) is 6.42 Å². The average Bonchev–Trinajstić information content (AvgIpc) is 2.96. The molecule has 22 heteroatoms. The first-order valence-electron chi connectivity index (χ1n) is 15.5. The van der Waals surface area contributed by atoms with Crippen molar-refractivity contribution >= 4 is 17.3 Å². The van der Waals surface area contributed by atoms with Gasteiger partial charge in [-0.3, -0.25) is 0 Å². The highest BCUT2D eigenvalue weighted by Gasteiger charge is 2.95. The highest BCUT2D eigenvalue weighted by Crippen LogP contribution is 2.64. The summed E-state index contributed by atoms with van der Waals surface area (Å²) in [4.78, 5) is 0. The van der Waals surface area contributed by atoms with Crippen molar-refractivity contribution in [2.75, 3.05) is 47.1 Å². The zero-order valence-corrected chi connectivity index (χ0v) is 28.3. The fraction of sp³-hybridized carbons (Fsp3) is 0.964. The molecule has 0 saturated carbocycles. The van der Waals surface area contributed by atoms with E-state index in [1.165, 1.54) is 38.5 Å². The Morgan fingerprint density at radius 2 is 0.940 bits per heavy atom. The first kappa shape index (κ1) is 48.4. The molecule has 0 bridgehead atoms. The normalized spacial score (nSPS) is 14.6. The number of ether oxygens (including phenoxy) is 1. The van der Waals surface area contributed by atoms with Gasteiger partial charge in [0.25, 0.3) is 0 Å². The van der Waals surface area contributed by atoms with Gasteiger partial charge in [-0.1, -0.05) is 58.3 Å². The summed E-state index contributed by atoms with van der Waals surface area (Å²) < 4.78 is 232. The van der Waals surface area contributed by atoms with Crippen LogP contribution >= 0.6 is 12.2 Å². The average molecular weight is 793 g/mol. The lowest BCUT2D eigenvalue weighted by molar-refractivity contribution is -0.889. The third-order valence-electron chi connectivity index (χ3n) is 7.80. The Morgan fingerprint density at radius 1 is 0.540 bits per heavy atom. The smallest absolute Gasteiger partial charge is 0.361 e. The third kappa shape index (κ3) is 11.7. The van der Waals surface area contributed by atoms with Crippen molar-refractivity contribution in [2.24, 2.45) is 0 Å². The molecule has 0 unspecified atom stereocenters. The maximum atomic E-state index is 14.0. The molecule has 0 saturated heterocycles. The van der Waals surface area contributed by atoms with Gasteiger partial charge in [-0.2, -0.15) is 74.6 Å². The maximum Gasteiger partial charge on any atom is 0.460 e. The maximum absolute atomic E-state index is 14.0. The van der Waals surface area contributed by atoms with E-state index in [4.69, 9.17) is 12.2 Å². The van der Waals surface area contributed by atoms with Gasteiger partial charge in [0.1, 0.15) is 6.73 Å². The number of halogens is 17. The predicted octanol–water partition coefficient (Wildman–Crippen LogP) is 9.82. The number of likely N-dealkylation sites (N-methyl/N-ethyl adjacent to an activating group) is 1. The standard InChI is InChI=1S/C28H42F17N3OS/c1-4-5-6-7-8-9-10-11-12-13-16-48(2,3)17-15-46-20(50)47-19-49-18-14-21(29,30)22(31,32)23(33,34)24(35,36)25(37,38)26(39,40)27(41,42)28(43,44)45/h4-19H2,1-3H3,(H-,46,47,50)/p+1. The van der Waals surface area contributed by atoms with Crippen molar-refractivity contribution in [3.8, 4) is 0 Å². The number of nitrogens with one attached hydrogen (secondary N) is 2. The Balaban J connectivity index is 4.89. The molecule has 0 rings (SSSR count). The molecule has 4 nitrogen and oxygen atoms in total. The van der Waals surface area contributed by atoms with E-state index in [0.29, 0.717) is 11.0 Å². The van der Waals surface area contributed by atoms with Gasteiger partial charge in [0.15, 0.2) is 5.11 Å². The summed E-state index contributed by atoms with van der Waals surface area (Å²) >= 11 is 4.89. The van der Waals surface area contributed by atoms with Crippen LogP contribution in [-0.2, 0) is 4.74 Å². The van der Waals surface area contributed by atoms with Crippen molar-refractivity contribution in [3.05, 3.63) is 0 Å². The summed E-state index contributed by atoms with van der Waals surface area (Å²) in [5.74, 6) is -56.5. The summed E-state index contributed by atoms with van der Waals surface area (Å²) in [6, 6.07) is 0. The monoisotopic (exact) mass is 792 g/mol. The molecule has 0 spiro atoms. The van der Waals surface area contributed by atoms with Gasteiger partial charge in [-0.15, -0.1) is 0 Å². The fourth-order valence-corrected chi connectivity index (χ4v) is 4.58. The first-order chi connectivity index (χ1) is 22.4. The number of unbranched alkanes of at least 4 members (excludes halogenated alkanes) is 9. The van der Waals surface area contributed by atoms with Crippen LogP contribution in [0, 0.1) is 0 Å². The van der Waals surface area contributed by atoms with E-state index in [9.17, 15) is 74.6 Å². The molecule has 0 aliphatic heterocycles. The van der Waals surface area contributed by atoms with Crippen molar-refractivity contribution in [1.29, 1.82) is 0 Å². The second-order valence-electron chi connectivity index (χ2n) is 12.4. The van der Waals surface area contributed by atoms with Crippen LogP contribution in [0.4, 0.5) is 74.6 Å². The molecular weight excluding hydrogens is 749 g/mol. The molecule has 0 fully saturated rings. The number of nitrogens with zero attached hydrogens (tertiary/aromatic N) is 1. The molecule has 0 aromatic heterocycles. The van der Waals surface area contributed by atoms with Crippen LogP contribution in [0.3, 0.4) is 0 Å². The first-order valence-corrected chi connectivity index (χ1v) is 15.9. The Labute approximate surface area is 284 Å². The number of quaternary nitrogens is 1. The van der Waals surface area contributed by atoms with Crippen LogP contribution in [0.2, 0.25) is 0 Å². The number of hydrogen-bond acceptors (Lipinski definition) is 2.